The molecule has 2 rings (SSSR count). The average molecular weight is 278 g/mol. The van der Waals surface area contributed by atoms with Crippen LogP contribution in [-0.4, -0.2) is 27.5 Å². The third kappa shape index (κ3) is 4.82. The highest BCUT2D eigenvalue weighted by Gasteiger charge is 2.00. The molecule has 0 atom stereocenters. The maximum atomic E-state index is 5.68. The number of anilines is 1. The summed E-state index contributed by atoms with van der Waals surface area (Å²) in [6, 6.07) is 8.10. The predicted molar refractivity (Wildman–Crippen MR) is 77.4 cm³/mol. The van der Waals surface area contributed by atoms with Gasteiger partial charge in [0.25, 0.3) is 0 Å². The van der Waals surface area contributed by atoms with Crippen molar-refractivity contribution in [3.8, 4) is 5.75 Å². The molecule has 1 aromatic carbocycles. The van der Waals surface area contributed by atoms with Crippen molar-refractivity contribution in [3.05, 3.63) is 29.8 Å². The van der Waals surface area contributed by atoms with Crippen LogP contribution in [0.5, 0.6) is 5.75 Å². The van der Waals surface area contributed by atoms with E-state index < -0.39 is 0 Å². The third-order valence-electron chi connectivity index (χ3n) is 2.51. The molecule has 6 heteroatoms. The maximum absolute atomic E-state index is 5.68. The van der Waals surface area contributed by atoms with Crippen molar-refractivity contribution in [2.45, 2.75) is 24.9 Å². The van der Waals surface area contributed by atoms with Crippen molar-refractivity contribution in [1.29, 1.82) is 0 Å². The zero-order chi connectivity index (χ0) is 13.5. The van der Waals surface area contributed by atoms with Crippen molar-refractivity contribution in [2.24, 2.45) is 0 Å². The van der Waals surface area contributed by atoms with Crippen LogP contribution in [0.3, 0.4) is 0 Å². The fourth-order valence-electron chi connectivity index (χ4n) is 1.59. The van der Waals surface area contributed by atoms with E-state index in [0.29, 0.717) is 11.1 Å². The molecule has 0 bridgehead atoms. The van der Waals surface area contributed by atoms with Gasteiger partial charge in [-0.2, -0.15) is 4.98 Å². The fraction of sp³-hybridized carbons (Fsp3) is 0.385. The number of aryl methyl sites for hydroxylation is 1. The van der Waals surface area contributed by atoms with E-state index in [-0.39, 0.29) is 0 Å². The fourth-order valence-corrected chi connectivity index (χ4v) is 2.39. The van der Waals surface area contributed by atoms with Crippen LogP contribution in [0, 0.1) is 6.92 Å². The second-order valence-corrected chi connectivity index (χ2v) is 5.29. The molecule has 5 nitrogen and oxygen atoms in total. The SMILES string of the molecule is Cc1cccc(OCCCCSc2n[nH]c(N)n2)c1. The van der Waals surface area contributed by atoms with Gasteiger partial charge >= 0.3 is 0 Å². The van der Waals surface area contributed by atoms with Gasteiger partial charge in [-0.25, -0.2) is 5.10 Å². The standard InChI is InChI=1S/C13H18N4OS/c1-10-5-4-6-11(9-10)18-7-2-3-8-19-13-15-12(14)16-17-13/h4-6,9H,2-3,7-8H2,1H3,(H3,14,15,16,17). The van der Waals surface area contributed by atoms with Gasteiger partial charge in [-0.05, 0) is 37.5 Å². The van der Waals surface area contributed by atoms with Gasteiger partial charge in [0.2, 0.25) is 11.1 Å². The number of thioether (sulfide) groups is 1. The zero-order valence-corrected chi connectivity index (χ0v) is 11.7. The van der Waals surface area contributed by atoms with E-state index in [1.54, 1.807) is 11.8 Å². The molecule has 1 aromatic heterocycles. The number of nitrogens with zero attached hydrogens (tertiary/aromatic N) is 2. The zero-order valence-electron chi connectivity index (χ0n) is 10.9. The number of nitrogens with two attached hydrogens (primary N) is 1. The number of hydrogen-bond acceptors (Lipinski definition) is 5. The minimum Gasteiger partial charge on any atom is -0.494 e. The smallest absolute Gasteiger partial charge is 0.216 e. The summed E-state index contributed by atoms with van der Waals surface area (Å²) >= 11 is 1.60. The van der Waals surface area contributed by atoms with Gasteiger partial charge < -0.3 is 10.5 Å². The van der Waals surface area contributed by atoms with Crippen molar-refractivity contribution < 1.29 is 4.74 Å². The van der Waals surface area contributed by atoms with Crippen LogP contribution in [0.15, 0.2) is 29.4 Å². The first-order valence-corrected chi connectivity index (χ1v) is 7.23. The van der Waals surface area contributed by atoms with Crippen LogP contribution < -0.4 is 10.5 Å². The van der Waals surface area contributed by atoms with Crippen molar-refractivity contribution >= 4 is 17.7 Å². The number of benzene rings is 1. The number of nitrogen functional groups attached to an aromatic ring is 1. The molecule has 0 aliphatic carbocycles. The van der Waals surface area contributed by atoms with Gasteiger partial charge in [0.15, 0.2) is 0 Å². The lowest BCUT2D eigenvalue weighted by Gasteiger charge is -2.06. The predicted octanol–water partition coefficient (Wildman–Crippen LogP) is 2.65. The van der Waals surface area contributed by atoms with Crippen molar-refractivity contribution in [1.82, 2.24) is 15.2 Å². The van der Waals surface area contributed by atoms with E-state index >= 15 is 0 Å². The number of unbranched alkanes of at least 4 members (excludes halogenated alkanes) is 1. The summed E-state index contributed by atoms with van der Waals surface area (Å²) in [5, 5.41) is 7.29. The summed E-state index contributed by atoms with van der Waals surface area (Å²) in [5.74, 6) is 2.27. The van der Waals surface area contributed by atoms with Gasteiger partial charge in [-0.15, -0.1) is 5.10 Å². The molecule has 102 valence electrons. The second-order valence-electron chi connectivity index (χ2n) is 4.22. The maximum Gasteiger partial charge on any atom is 0.216 e. The molecular weight excluding hydrogens is 260 g/mol. The number of rotatable bonds is 7. The van der Waals surface area contributed by atoms with Crippen molar-refractivity contribution in [3.63, 3.8) is 0 Å². The Hall–Kier alpha value is -1.69. The van der Waals surface area contributed by atoms with E-state index in [4.69, 9.17) is 10.5 Å². The Balaban J connectivity index is 1.57. The highest BCUT2D eigenvalue weighted by Crippen LogP contribution is 2.16. The monoisotopic (exact) mass is 278 g/mol. The summed E-state index contributed by atoms with van der Waals surface area (Å²) < 4.78 is 5.68. The van der Waals surface area contributed by atoms with Gasteiger partial charge in [-0.1, -0.05) is 23.9 Å². The number of ether oxygens (including phenoxy) is 1. The number of aromatic nitrogens is 3. The van der Waals surface area contributed by atoms with Gasteiger partial charge in [0.05, 0.1) is 6.61 Å². The normalized spacial score (nSPS) is 10.6. The van der Waals surface area contributed by atoms with Crippen LogP contribution in [0.25, 0.3) is 0 Å². The summed E-state index contributed by atoms with van der Waals surface area (Å²) in [7, 11) is 0. The topological polar surface area (TPSA) is 76.8 Å². The summed E-state index contributed by atoms with van der Waals surface area (Å²) in [5.41, 5.74) is 6.66. The summed E-state index contributed by atoms with van der Waals surface area (Å²) in [6.45, 7) is 2.80. The Bertz CT molecular complexity index is 515. The first kappa shape index (κ1) is 13.7. The van der Waals surface area contributed by atoms with Crippen LogP contribution in [0.2, 0.25) is 0 Å². The summed E-state index contributed by atoms with van der Waals surface area (Å²) in [6.07, 6.45) is 2.08. The van der Waals surface area contributed by atoms with E-state index in [0.717, 1.165) is 31.0 Å². The second kappa shape index (κ2) is 7.04. The first-order chi connectivity index (χ1) is 9.24. The van der Waals surface area contributed by atoms with Crippen LogP contribution in [0.4, 0.5) is 5.95 Å². The van der Waals surface area contributed by atoms with E-state index in [9.17, 15) is 0 Å². The minimum atomic E-state index is 0.366. The minimum absolute atomic E-state index is 0.366. The molecule has 19 heavy (non-hydrogen) atoms. The number of aromatic amines is 1. The Labute approximate surface area is 117 Å². The van der Waals surface area contributed by atoms with Gasteiger partial charge in [0, 0.05) is 5.75 Å². The van der Waals surface area contributed by atoms with E-state index in [2.05, 4.69) is 28.2 Å². The molecule has 0 aliphatic rings. The van der Waals surface area contributed by atoms with Crippen molar-refractivity contribution in [2.75, 3.05) is 18.1 Å². The molecule has 3 N–H and O–H groups in total. The Kier molecular flexibility index (Phi) is 5.09. The molecule has 2 aromatic rings. The number of hydrogen-bond donors (Lipinski definition) is 2. The van der Waals surface area contributed by atoms with Gasteiger partial charge in [-0.3, -0.25) is 0 Å². The summed E-state index contributed by atoms with van der Waals surface area (Å²) in [4.78, 5) is 4.03. The third-order valence-corrected chi connectivity index (χ3v) is 3.44. The molecule has 0 saturated carbocycles. The van der Waals surface area contributed by atoms with Crippen LogP contribution in [-0.2, 0) is 0 Å². The van der Waals surface area contributed by atoms with Gasteiger partial charge in [0.1, 0.15) is 5.75 Å². The molecule has 0 saturated heterocycles. The Morgan fingerprint density at radius 2 is 2.26 bits per heavy atom. The Morgan fingerprint density at radius 1 is 1.37 bits per heavy atom. The largest absolute Gasteiger partial charge is 0.494 e. The Morgan fingerprint density at radius 3 is 3.00 bits per heavy atom. The average Bonchev–Trinajstić information content (AvgIpc) is 2.79. The quantitative estimate of drug-likeness (QED) is 0.601. The molecular formula is C13H18N4OS. The molecule has 1 heterocycles. The molecule has 0 amide bonds. The molecule has 0 fully saturated rings. The number of H-pyrrole nitrogens is 1. The lowest BCUT2D eigenvalue weighted by Crippen LogP contribution is -1.98. The van der Waals surface area contributed by atoms with E-state index in [1.165, 1.54) is 5.56 Å². The molecule has 0 radical (unpaired) electrons. The van der Waals surface area contributed by atoms with Crippen LogP contribution in [0.1, 0.15) is 18.4 Å². The molecule has 0 aliphatic heterocycles. The lowest BCUT2D eigenvalue weighted by molar-refractivity contribution is 0.309. The highest BCUT2D eigenvalue weighted by atomic mass is 32.2. The van der Waals surface area contributed by atoms with E-state index in [1.807, 2.05) is 18.2 Å². The first-order valence-electron chi connectivity index (χ1n) is 6.24. The molecule has 0 spiro atoms. The molecule has 0 unspecified atom stereocenters. The lowest BCUT2D eigenvalue weighted by atomic mass is 10.2. The highest BCUT2D eigenvalue weighted by molar-refractivity contribution is 7.99. The number of nitrogens with one attached hydrogen (secondary N) is 1. The van der Waals surface area contributed by atoms with Crippen LogP contribution >= 0.6 is 11.8 Å².